The summed E-state index contributed by atoms with van der Waals surface area (Å²) in [5.74, 6) is 2.20. The minimum Gasteiger partial charge on any atom is -0.300 e. The second-order valence-electron chi connectivity index (χ2n) is 3.33. The summed E-state index contributed by atoms with van der Waals surface area (Å²) in [5, 5.41) is 0. The van der Waals surface area contributed by atoms with Gasteiger partial charge in [0.15, 0.2) is 0 Å². The van der Waals surface area contributed by atoms with E-state index in [0.29, 0.717) is 11.1 Å². The number of alkyl halides is 2. The van der Waals surface area contributed by atoms with Crippen LogP contribution in [-0.2, 0) is 17.9 Å². The van der Waals surface area contributed by atoms with Gasteiger partial charge in [-0.2, -0.15) is 0 Å². The second-order valence-corrected chi connectivity index (χ2v) is 3.33. The Kier molecular flexibility index (Phi) is 3.55. The summed E-state index contributed by atoms with van der Waals surface area (Å²) in [5.41, 5.74) is 1.28. The van der Waals surface area contributed by atoms with Crippen molar-refractivity contribution in [2.24, 2.45) is 5.90 Å². The molecule has 1 rings (SSSR count). The Balaban J connectivity index is 2.84. The van der Waals surface area contributed by atoms with E-state index in [1.165, 1.54) is 0 Å². The molecule has 2 nitrogen and oxygen atoms in total. The fourth-order valence-electron chi connectivity index (χ4n) is 1.29. The van der Waals surface area contributed by atoms with Crippen molar-refractivity contribution in [3.63, 3.8) is 0 Å². The summed E-state index contributed by atoms with van der Waals surface area (Å²) in [7, 11) is 0. The van der Waals surface area contributed by atoms with Gasteiger partial charge in [0.2, 0.25) is 5.92 Å². The highest BCUT2D eigenvalue weighted by Gasteiger charge is 2.22. The van der Waals surface area contributed by atoms with Crippen LogP contribution in [-0.4, -0.2) is 5.92 Å². The van der Waals surface area contributed by atoms with Crippen molar-refractivity contribution < 1.29 is 13.6 Å². The maximum absolute atomic E-state index is 12.8. The Morgan fingerprint density at radius 1 is 1.29 bits per heavy atom. The molecular formula is C10H13F2NO. The third-order valence-corrected chi connectivity index (χ3v) is 1.86. The van der Waals surface area contributed by atoms with Crippen LogP contribution in [0.3, 0.4) is 0 Å². The third kappa shape index (κ3) is 3.40. The van der Waals surface area contributed by atoms with E-state index in [1.807, 2.05) is 0 Å². The number of rotatable bonds is 4. The lowest BCUT2D eigenvalue weighted by Gasteiger charge is -2.13. The van der Waals surface area contributed by atoms with Gasteiger partial charge in [-0.1, -0.05) is 24.3 Å². The molecule has 0 atom stereocenters. The van der Waals surface area contributed by atoms with E-state index in [2.05, 4.69) is 4.84 Å². The molecule has 0 aliphatic heterocycles. The van der Waals surface area contributed by atoms with Gasteiger partial charge in [-0.25, -0.2) is 14.7 Å². The predicted molar refractivity (Wildman–Crippen MR) is 49.7 cm³/mol. The molecule has 78 valence electrons. The van der Waals surface area contributed by atoms with Crippen molar-refractivity contribution in [2.75, 3.05) is 0 Å². The van der Waals surface area contributed by atoms with E-state index in [0.717, 1.165) is 6.92 Å². The Morgan fingerprint density at radius 3 is 2.36 bits per heavy atom. The number of nitrogens with two attached hydrogens (primary N) is 1. The van der Waals surface area contributed by atoms with Gasteiger partial charge >= 0.3 is 0 Å². The summed E-state index contributed by atoms with van der Waals surface area (Å²) in [6.45, 7) is 1.05. The first-order valence-electron chi connectivity index (χ1n) is 4.29. The summed E-state index contributed by atoms with van der Waals surface area (Å²) in [6, 6.07) is 6.88. The normalized spacial score (nSPS) is 11.7. The third-order valence-electron chi connectivity index (χ3n) is 1.86. The molecule has 14 heavy (non-hydrogen) atoms. The second kappa shape index (κ2) is 4.48. The van der Waals surface area contributed by atoms with Crippen molar-refractivity contribution >= 4 is 0 Å². The van der Waals surface area contributed by atoms with Gasteiger partial charge in [-0.3, -0.25) is 4.84 Å². The molecule has 1 aromatic rings. The molecule has 0 aliphatic carbocycles. The molecule has 2 N–H and O–H groups in total. The molecule has 4 heteroatoms. The van der Waals surface area contributed by atoms with Gasteiger partial charge in [0.05, 0.1) is 6.61 Å². The first kappa shape index (κ1) is 11.1. The number of halogens is 2. The molecule has 1 aromatic carbocycles. The zero-order chi connectivity index (χ0) is 10.6. The van der Waals surface area contributed by atoms with Crippen LogP contribution in [0.1, 0.15) is 18.1 Å². The van der Waals surface area contributed by atoms with Crippen LogP contribution in [0.15, 0.2) is 24.3 Å². The van der Waals surface area contributed by atoms with Crippen molar-refractivity contribution in [3.05, 3.63) is 35.4 Å². The van der Waals surface area contributed by atoms with Crippen molar-refractivity contribution in [1.82, 2.24) is 0 Å². The quantitative estimate of drug-likeness (QED) is 0.758. The molecule has 0 heterocycles. The Labute approximate surface area is 81.6 Å². The average molecular weight is 201 g/mol. The average Bonchev–Trinajstić information content (AvgIpc) is 2.06. The van der Waals surface area contributed by atoms with E-state index in [4.69, 9.17) is 5.90 Å². The first-order valence-corrected chi connectivity index (χ1v) is 4.29. The topological polar surface area (TPSA) is 35.2 Å². The van der Waals surface area contributed by atoms with Crippen LogP contribution in [0, 0.1) is 0 Å². The van der Waals surface area contributed by atoms with Crippen LogP contribution in [0.5, 0.6) is 0 Å². The van der Waals surface area contributed by atoms with Crippen molar-refractivity contribution in [2.45, 2.75) is 25.9 Å². The van der Waals surface area contributed by atoms with Gasteiger partial charge in [0.1, 0.15) is 0 Å². The monoisotopic (exact) mass is 201 g/mol. The maximum Gasteiger partial charge on any atom is 0.249 e. The molecule has 0 radical (unpaired) electrons. The minimum absolute atomic E-state index is 0.159. The van der Waals surface area contributed by atoms with Gasteiger partial charge in [-0.05, 0) is 18.1 Å². The van der Waals surface area contributed by atoms with E-state index in [-0.39, 0.29) is 13.0 Å². The maximum atomic E-state index is 12.8. The molecule has 0 saturated carbocycles. The minimum atomic E-state index is -2.70. The molecule has 0 unspecified atom stereocenters. The summed E-state index contributed by atoms with van der Waals surface area (Å²) >= 11 is 0. The lowest BCUT2D eigenvalue weighted by atomic mass is 10.0. The number of benzene rings is 1. The Hall–Kier alpha value is -1.00. The standard InChI is InChI=1S/C10H13F2NO/c1-10(11,12)6-8-4-2-3-5-9(8)7-14-13/h2-5H,6-7,13H2,1H3. The molecule has 0 aliphatic rings. The van der Waals surface area contributed by atoms with Crippen LogP contribution >= 0.6 is 0 Å². The summed E-state index contributed by atoms with van der Waals surface area (Å²) < 4.78 is 25.5. The molecular weight excluding hydrogens is 188 g/mol. The molecule has 0 spiro atoms. The molecule has 0 bridgehead atoms. The fraction of sp³-hybridized carbons (Fsp3) is 0.400. The first-order chi connectivity index (χ1) is 6.53. The van der Waals surface area contributed by atoms with Gasteiger partial charge < -0.3 is 0 Å². The van der Waals surface area contributed by atoms with Crippen LogP contribution in [0.25, 0.3) is 0 Å². The highest BCUT2D eigenvalue weighted by molar-refractivity contribution is 5.27. The zero-order valence-corrected chi connectivity index (χ0v) is 7.97. The van der Waals surface area contributed by atoms with E-state index < -0.39 is 5.92 Å². The lowest BCUT2D eigenvalue weighted by Crippen LogP contribution is -2.15. The van der Waals surface area contributed by atoms with Crippen LogP contribution in [0.2, 0.25) is 0 Å². The number of hydrogen-bond donors (Lipinski definition) is 1. The highest BCUT2D eigenvalue weighted by Crippen LogP contribution is 2.21. The van der Waals surface area contributed by atoms with Gasteiger partial charge in [0.25, 0.3) is 0 Å². The van der Waals surface area contributed by atoms with E-state index in [1.54, 1.807) is 24.3 Å². The lowest BCUT2D eigenvalue weighted by molar-refractivity contribution is 0.0218. The summed E-state index contributed by atoms with van der Waals surface area (Å²) in [6.07, 6.45) is -0.285. The van der Waals surface area contributed by atoms with Crippen LogP contribution < -0.4 is 5.90 Å². The molecule has 0 saturated heterocycles. The molecule has 0 amide bonds. The summed E-state index contributed by atoms with van der Waals surface area (Å²) in [4.78, 5) is 4.44. The highest BCUT2D eigenvalue weighted by atomic mass is 19.3. The van der Waals surface area contributed by atoms with Crippen LogP contribution in [0.4, 0.5) is 8.78 Å². The van der Waals surface area contributed by atoms with E-state index >= 15 is 0 Å². The predicted octanol–water partition coefficient (Wildman–Crippen LogP) is 2.27. The van der Waals surface area contributed by atoms with E-state index in [9.17, 15) is 8.78 Å². The molecule has 0 fully saturated rings. The fourth-order valence-corrected chi connectivity index (χ4v) is 1.29. The van der Waals surface area contributed by atoms with Crippen molar-refractivity contribution in [3.8, 4) is 0 Å². The van der Waals surface area contributed by atoms with Crippen molar-refractivity contribution in [1.29, 1.82) is 0 Å². The largest absolute Gasteiger partial charge is 0.300 e. The Morgan fingerprint density at radius 2 is 1.86 bits per heavy atom. The number of hydrogen-bond acceptors (Lipinski definition) is 2. The Bertz CT molecular complexity index is 296. The van der Waals surface area contributed by atoms with Gasteiger partial charge in [0, 0.05) is 6.42 Å². The van der Waals surface area contributed by atoms with Gasteiger partial charge in [-0.15, -0.1) is 0 Å². The SMILES string of the molecule is CC(F)(F)Cc1ccccc1CON. The smallest absolute Gasteiger partial charge is 0.249 e. The molecule has 0 aromatic heterocycles. The zero-order valence-electron chi connectivity index (χ0n) is 7.97.